The molecule has 2 heterocycles. The summed E-state index contributed by atoms with van der Waals surface area (Å²) in [6.45, 7) is 3.85. The zero-order valence-electron chi connectivity index (χ0n) is 19.8. The first-order valence-corrected chi connectivity index (χ1v) is 11.6. The molecular weight excluding hydrogens is 458 g/mol. The number of nitrogens with zero attached hydrogens (tertiary/aromatic N) is 1. The molecule has 5 rings (SSSR count). The largest absolute Gasteiger partial charge is 0.504 e. The van der Waals surface area contributed by atoms with Crippen LogP contribution in [0, 0.1) is 19.8 Å². The monoisotopic (exact) mass is 483 g/mol. The van der Waals surface area contributed by atoms with Gasteiger partial charge >= 0.3 is 0 Å². The lowest BCUT2D eigenvalue weighted by Crippen LogP contribution is -2.29. The van der Waals surface area contributed by atoms with Crippen LogP contribution in [-0.4, -0.2) is 38.4 Å². The first-order valence-electron chi connectivity index (χ1n) is 11.6. The van der Waals surface area contributed by atoms with E-state index in [1.807, 2.05) is 18.2 Å². The van der Waals surface area contributed by atoms with E-state index in [9.17, 15) is 19.8 Å². The van der Waals surface area contributed by atoms with Crippen LogP contribution >= 0.6 is 0 Å². The summed E-state index contributed by atoms with van der Waals surface area (Å²) in [7, 11) is 0. The van der Waals surface area contributed by atoms with Gasteiger partial charge in [0.15, 0.2) is 23.1 Å². The van der Waals surface area contributed by atoms with Gasteiger partial charge in [-0.1, -0.05) is 30.3 Å². The summed E-state index contributed by atoms with van der Waals surface area (Å²) in [6, 6.07) is 14.4. The molecule has 0 saturated heterocycles. The van der Waals surface area contributed by atoms with E-state index < -0.39 is 0 Å². The van der Waals surface area contributed by atoms with Gasteiger partial charge in [-0.25, -0.2) is 4.98 Å². The van der Waals surface area contributed by atoms with Crippen LogP contribution in [0.2, 0.25) is 0 Å². The molecule has 4 N–H and O–H groups in total. The van der Waals surface area contributed by atoms with Gasteiger partial charge in [-0.15, -0.1) is 0 Å². The van der Waals surface area contributed by atoms with Gasteiger partial charge in [0.25, 0.3) is 5.91 Å². The number of allylic oxidation sites excluding steroid dienone is 1. The number of fused-ring (bicyclic) bond motifs is 1. The number of benzene rings is 2. The maximum absolute atomic E-state index is 12.9. The maximum atomic E-state index is 12.9. The average Bonchev–Trinajstić information content (AvgIpc) is 3.43. The lowest BCUT2D eigenvalue weighted by atomic mass is 9.99. The first kappa shape index (κ1) is 23.2. The standard InChI is InChI=1S/C28H25N3O5/c1-15-24(16(2)36-26(15)28(35)29-14-17-8-11-22(32)23(33)12-17)27-30-20-10-9-19(13-21(20)31-27)25(34)18-6-4-3-5-7-18/h3-7,9-13,17,32-33H,8,14H2,1-2H3,(H,29,35)(H,30,31). The summed E-state index contributed by atoms with van der Waals surface area (Å²) in [5, 5.41) is 22.0. The minimum Gasteiger partial charge on any atom is -0.504 e. The molecule has 2 aromatic carbocycles. The minimum atomic E-state index is -0.375. The molecule has 182 valence electrons. The third-order valence-corrected chi connectivity index (χ3v) is 6.34. The normalized spacial score (nSPS) is 15.4. The smallest absolute Gasteiger partial charge is 0.287 e. The number of aromatic nitrogens is 2. The quantitative estimate of drug-likeness (QED) is 0.275. The van der Waals surface area contributed by atoms with Gasteiger partial charge in [0.2, 0.25) is 0 Å². The summed E-state index contributed by atoms with van der Waals surface area (Å²) >= 11 is 0. The predicted molar refractivity (Wildman–Crippen MR) is 135 cm³/mol. The number of imidazole rings is 1. The number of ketones is 1. The van der Waals surface area contributed by atoms with E-state index in [-0.39, 0.29) is 41.4 Å². The van der Waals surface area contributed by atoms with E-state index in [0.29, 0.717) is 51.3 Å². The van der Waals surface area contributed by atoms with Gasteiger partial charge in [0, 0.05) is 29.2 Å². The number of aromatic amines is 1. The molecule has 0 radical (unpaired) electrons. The highest BCUT2D eigenvalue weighted by Gasteiger charge is 2.24. The highest BCUT2D eigenvalue weighted by molar-refractivity contribution is 6.10. The highest BCUT2D eigenvalue weighted by atomic mass is 16.4. The van der Waals surface area contributed by atoms with Crippen molar-refractivity contribution in [2.24, 2.45) is 5.92 Å². The van der Waals surface area contributed by atoms with Crippen molar-refractivity contribution in [2.75, 3.05) is 6.54 Å². The minimum absolute atomic E-state index is 0.0740. The number of amides is 1. The number of carbonyl (C=O) groups excluding carboxylic acids is 2. The number of carbonyl (C=O) groups is 2. The fourth-order valence-electron chi connectivity index (χ4n) is 4.44. The Balaban J connectivity index is 1.38. The van der Waals surface area contributed by atoms with Crippen molar-refractivity contribution < 1.29 is 24.2 Å². The van der Waals surface area contributed by atoms with Gasteiger partial charge in [-0.05, 0) is 50.6 Å². The number of aliphatic hydroxyl groups excluding tert-OH is 2. The molecule has 0 saturated carbocycles. The molecule has 1 atom stereocenters. The van der Waals surface area contributed by atoms with Crippen LogP contribution in [0.25, 0.3) is 22.4 Å². The van der Waals surface area contributed by atoms with Crippen LogP contribution in [-0.2, 0) is 0 Å². The fourth-order valence-corrected chi connectivity index (χ4v) is 4.44. The van der Waals surface area contributed by atoms with Crippen LogP contribution in [0.4, 0.5) is 0 Å². The molecule has 0 spiro atoms. The van der Waals surface area contributed by atoms with Crippen LogP contribution in [0.15, 0.2) is 76.6 Å². The first-order chi connectivity index (χ1) is 17.3. The number of hydrogen-bond acceptors (Lipinski definition) is 6. The summed E-state index contributed by atoms with van der Waals surface area (Å²) in [4.78, 5) is 33.6. The number of aryl methyl sites for hydroxylation is 1. The number of H-pyrrole nitrogens is 1. The number of rotatable bonds is 6. The zero-order chi connectivity index (χ0) is 25.4. The molecule has 36 heavy (non-hydrogen) atoms. The van der Waals surface area contributed by atoms with E-state index in [0.717, 1.165) is 0 Å². The SMILES string of the molecule is Cc1oc(C(=O)NCC2C=C(O)C(O)=CC2)c(C)c1-c1nc2ccc(C(=O)c3ccccc3)cc2[nH]1. The van der Waals surface area contributed by atoms with Crippen LogP contribution in [0.5, 0.6) is 0 Å². The molecule has 1 aliphatic rings. The molecule has 0 fully saturated rings. The lowest BCUT2D eigenvalue weighted by molar-refractivity contribution is 0.0919. The molecule has 1 unspecified atom stereocenters. The van der Waals surface area contributed by atoms with Gasteiger partial charge in [0.1, 0.15) is 11.6 Å². The van der Waals surface area contributed by atoms with Crippen molar-refractivity contribution in [1.82, 2.24) is 15.3 Å². The highest BCUT2D eigenvalue weighted by Crippen LogP contribution is 2.32. The van der Waals surface area contributed by atoms with E-state index in [4.69, 9.17) is 4.42 Å². The second kappa shape index (κ2) is 9.22. The summed E-state index contributed by atoms with van der Waals surface area (Å²) in [5.41, 5.74) is 3.90. The van der Waals surface area contributed by atoms with E-state index in [1.165, 1.54) is 12.2 Å². The van der Waals surface area contributed by atoms with Gasteiger partial charge in [0.05, 0.1) is 16.6 Å². The summed E-state index contributed by atoms with van der Waals surface area (Å²) in [5.74, 6) is 0.353. The Hall–Kier alpha value is -4.59. The van der Waals surface area contributed by atoms with Crippen molar-refractivity contribution in [3.05, 3.63) is 100 Å². The van der Waals surface area contributed by atoms with Crippen molar-refractivity contribution in [3.8, 4) is 11.4 Å². The van der Waals surface area contributed by atoms with Gasteiger partial charge in [-0.2, -0.15) is 0 Å². The second-order valence-corrected chi connectivity index (χ2v) is 8.85. The fraction of sp³-hybridized carbons (Fsp3) is 0.179. The Morgan fingerprint density at radius 2 is 1.86 bits per heavy atom. The van der Waals surface area contributed by atoms with Gasteiger partial charge in [-0.3, -0.25) is 9.59 Å². The molecule has 1 aliphatic carbocycles. The van der Waals surface area contributed by atoms with Crippen molar-refractivity contribution in [2.45, 2.75) is 20.3 Å². The average molecular weight is 484 g/mol. The molecular formula is C28H25N3O5. The third-order valence-electron chi connectivity index (χ3n) is 6.34. The van der Waals surface area contributed by atoms with Crippen LogP contribution in [0.1, 0.15) is 44.2 Å². The number of nitrogens with one attached hydrogen (secondary N) is 2. The van der Waals surface area contributed by atoms with Crippen LogP contribution < -0.4 is 5.32 Å². The topological polar surface area (TPSA) is 128 Å². The van der Waals surface area contributed by atoms with E-state index >= 15 is 0 Å². The Kier molecular flexibility index (Phi) is 5.93. The molecule has 0 bridgehead atoms. The van der Waals surface area contributed by atoms with E-state index in [1.54, 1.807) is 44.2 Å². The van der Waals surface area contributed by atoms with Crippen molar-refractivity contribution >= 4 is 22.7 Å². The summed E-state index contributed by atoms with van der Waals surface area (Å²) in [6.07, 6.45) is 3.55. The molecule has 0 aliphatic heterocycles. The Morgan fingerprint density at radius 3 is 2.61 bits per heavy atom. The maximum Gasteiger partial charge on any atom is 0.287 e. The van der Waals surface area contributed by atoms with Crippen molar-refractivity contribution in [1.29, 1.82) is 0 Å². The number of hydrogen-bond donors (Lipinski definition) is 4. The zero-order valence-corrected chi connectivity index (χ0v) is 19.8. The molecule has 4 aromatic rings. The third kappa shape index (κ3) is 4.29. The van der Waals surface area contributed by atoms with E-state index in [2.05, 4.69) is 15.3 Å². The van der Waals surface area contributed by atoms with Gasteiger partial charge < -0.3 is 24.9 Å². The second-order valence-electron chi connectivity index (χ2n) is 8.85. The lowest BCUT2D eigenvalue weighted by Gasteiger charge is -2.16. The number of furan rings is 1. The molecule has 2 aromatic heterocycles. The Morgan fingerprint density at radius 1 is 1.08 bits per heavy atom. The van der Waals surface area contributed by atoms with Crippen LogP contribution in [0.3, 0.4) is 0 Å². The predicted octanol–water partition coefficient (Wildman–Crippen LogP) is 5.30. The van der Waals surface area contributed by atoms with Crippen molar-refractivity contribution in [3.63, 3.8) is 0 Å². The molecule has 8 heteroatoms. The number of aliphatic hydroxyl groups is 2. The Labute approximate surface area is 207 Å². The molecule has 1 amide bonds. The molecule has 8 nitrogen and oxygen atoms in total. The Bertz CT molecular complexity index is 1540. The summed E-state index contributed by atoms with van der Waals surface area (Å²) < 4.78 is 5.81.